The summed E-state index contributed by atoms with van der Waals surface area (Å²) in [5.41, 5.74) is 2.03. The van der Waals surface area contributed by atoms with Crippen LogP contribution in [0.5, 0.6) is 0 Å². The quantitative estimate of drug-likeness (QED) is 0.920. The summed E-state index contributed by atoms with van der Waals surface area (Å²) in [4.78, 5) is 15.3. The molecule has 1 N–H and O–H groups in total. The van der Waals surface area contributed by atoms with Gasteiger partial charge in [-0.2, -0.15) is 0 Å². The van der Waals surface area contributed by atoms with Gasteiger partial charge in [0.1, 0.15) is 0 Å². The van der Waals surface area contributed by atoms with Crippen molar-refractivity contribution >= 4 is 27.5 Å². The van der Waals surface area contributed by atoms with E-state index < -0.39 is 5.97 Å². The Balaban J connectivity index is 2.42. The molecule has 0 amide bonds. The van der Waals surface area contributed by atoms with E-state index in [1.807, 2.05) is 18.2 Å². The summed E-state index contributed by atoms with van der Waals surface area (Å²) < 4.78 is 1.14. The van der Waals surface area contributed by atoms with Crippen LogP contribution in [-0.4, -0.2) is 16.1 Å². The summed E-state index contributed by atoms with van der Waals surface area (Å²) in [7, 11) is 0. The van der Waals surface area contributed by atoms with Crippen LogP contribution in [0.4, 0.5) is 0 Å². The van der Waals surface area contributed by atoms with Crippen LogP contribution in [0.15, 0.2) is 18.2 Å². The Kier molecular flexibility index (Phi) is 3.39. The monoisotopic (exact) mass is 263 g/mol. The smallest absolute Gasteiger partial charge is 0.303 e. The summed E-state index contributed by atoms with van der Waals surface area (Å²) in [5, 5.41) is 9.86. The maximum atomic E-state index is 10.7. The van der Waals surface area contributed by atoms with Gasteiger partial charge in [-0.3, -0.25) is 4.79 Å². The lowest BCUT2D eigenvalue weighted by atomic mass is 9.98. The van der Waals surface area contributed by atoms with E-state index in [0.29, 0.717) is 6.42 Å². The van der Waals surface area contributed by atoms with E-state index in [0.717, 1.165) is 20.8 Å². The van der Waals surface area contributed by atoms with E-state index in [9.17, 15) is 4.79 Å². The zero-order valence-electron chi connectivity index (χ0n) is 10.9. The molecule has 0 spiro atoms. The third-order valence-electron chi connectivity index (χ3n) is 2.75. The second kappa shape index (κ2) is 4.69. The molecule has 0 bridgehead atoms. The Morgan fingerprint density at radius 3 is 2.72 bits per heavy atom. The molecule has 0 saturated heterocycles. The van der Waals surface area contributed by atoms with Crippen LogP contribution in [0.25, 0.3) is 10.2 Å². The molecular formula is C14H17NO2S. The molecule has 0 aliphatic carbocycles. The van der Waals surface area contributed by atoms with Crippen LogP contribution in [0.1, 0.15) is 37.8 Å². The van der Waals surface area contributed by atoms with Crippen LogP contribution < -0.4 is 0 Å². The minimum absolute atomic E-state index is 0.0355. The molecule has 1 aromatic heterocycles. The average Bonchev–Trinajstić information content (AvgIpc) is 2.69. The first kappa shape index (κ1) is 13.0. The Morgan fingerprint density at radius 1 is 1.39 bits per heavy atom. The maximum absolute atomic E-state index is 10.7. The topological polar surface area (TPSA) is 50.2 Å². The molecule has 4 heteroatoms. The first-order chi connectivity index (χ1) is 8.38. The van der Waals surface area contributed by atoms with Crippen LogP contribution in [0.3, 0.4) is 0 Å². The SMILES string of the molecule is CC(C)(C)c1nc2c(CCC(=O)O)cccc2s1. The number of rotatable bonds is 3. The highest BCUT2D eigenvalue weighted by atomic mass is 32.1. The van der Waals surface area contributed by atoms with Crippen molar-refractivity contribution in [3.63, 3.8) is 0 Å². The molecule has 0 atom stereocenters. The average molecular weight is 263 g/mol. The van der Waals surface area contributed by atoms with Gasteiger partial charge in [0.05, 0.1) is 15.2 Å². The first-order valence-electron chi connectivity index (χ1n) is 5.98. The van der Waals surface area contributed by atoms with Gasteiger partial charge in [-0.15, -0.1) is 11.3 Å². The number of nitrogens with zero attached hydrogens (tertiary/aromatic N) is 1. The van der Waals surface area contributed by atoms with Crippen LogP contribution in [0, 0.1) is 0 Å². The van der Waals surface area contributed by atoms with Crippen molar-refractivity contribution in [2.24, 2.45) is 0 Å². The second-order valence-electron chi connectivity index (χ2n) is 5.43. The minimum Gasteiger partial charge on any atom is -0.481 e. The predicted molar refractivity (Wildman–Crippen MR) is 74.3 cm³/mol. The highest BCUT2D eigenvalue weighted by Gasteiger charge is 2.19. The fraction of sp³-hybridized carbons (Fsp3) is 0.429. The molecule has 0 saturated carbocycles. The highest BCUT2D eigenvalue weighted by molar-refractivity contribution is 7.18. The molecular weight excluding hydrogens is 246 g/mol. The molecule has 3 nitrogen and oxygen atoms in total. The third-order valence-corrected chi connectivity index (χ3v) is 4.20. The fourth-order valence-corrected chi connectivity index (χ4v) is 2.84. The van der Waals surface area contributed by atoms with Crippen molar-refractivity contribution in [1.82, 2.24) is 4.98 Å². The van der Waals surface area contributed by atoms with Crippen molar-refractivity contribution in [3.8, 4) is 0 Å². The van der Waals surface area contributed by atoms with Gasteiger partial charge in [-0.1, -0.05) is 32.9 Å². The molecule has 1 aromatic carbocycles. The second-order valence-corrected chi connectivity index (χ2v) is 6.46. The summed E-state index contributed by atoms with van der Waals surface area (Å²) in [6.45, 7) is 6.42. The van der Waals surface area contributed by atoms with E-state index in [2.05, 4.69) is 25.8 Å². The number of aliphatic carboxylic acids is 1. The van der Waals surface area contributed by atoms with E-state index in [1.54, 1.807) is 11.3 Å². The molecule has 0 radical (unpaired) electrons. The van der Waals surface area contributed by atoms with Gasteiger partial charge >= 0.3 is 5.97 Å². The van der Waals surface area contributed by atoms with Crippen molar-refractivity contribution < 1.29 is 9.90 Å². The molecule has 0 aliphatic heterocycles. The number of carboxylic acid groups (broad SMARTS) is 1. The Labute approximate surface area is 110 Å². The van der Waals surface area contributed by atoms with E-state index in [4.69, 9.17) is 5.11 Å². The van der Waals surface area contributed by atoms with Crippen LogP contribution in [-0.2, 0) is 16.6 Å². The Hall–Kier alpha value is -1.42. The summed E-state index contributed by atoms with van der Waals surface area (Å²) in [6, 6.07) is 5.99. The van der Waals surface area contributed by atoms with Crippen LogP contribution in [0.2, 0.25) is 0 Å². The van der Waals surface area contributed by atoms with Crippen molar-refractivity contribution in [1.29, 1.82) is 0 Å². The Bertz CT molecular complexity index is 581. The van der Waals surface area contributed by atoms with Crippen molar-refractivity contribution in [2.75, 3.05) is 0 Å². The third kappa shape index (κ3) is 2.70. The molecule has 96 valence electrons. The molecule has 0 unspecified atom stereocenters. The molecule has 0 aliphatic rings. The van der Waals surface area contributed by atoms with Gasteiger partial charge in [0.25, 0.3) is 0 Å². The number of aryl methyl sites for hydroxylation is 1. The number of para-hydroxylation sites is 1. The maximum Gasteiger partial charge on any atom is 0.303 e. The fourth-order valence-electron chi connectivity index (χ4n) is 1.77. The van der Waals surface area contributed by atoms with E-state index in [-0.39, 0.29) is 11.8 Å². The zero-order chi connectivity index (χ0) is 13.3. The highest BCUT2D eigenvalue weighted by Crippen LogP contribution is 2.32. The number of benzene rings is 1. The predicted octanol–water partition coefficient (Wildman–Crippen LogP) is 3.61. The largest absolute Gasteiger partial charge is 0.481 e. The van der Waals surface area contributed by atoms with E-state index in [1.165, 1.54) is 0 Å². The van der Waals surface area contributed by atoms with Gasteiger partial charge in [0.15, 0.2) is 0 Å². The zero-order valence-corrected chi connectivity index (χ0v) is 11.7. The van der Waals surface area contributed by atoms with Gasteiger partial charge in [-0.05, 0) is 18.1 Å². The summed E-state index contributed by atoms with van der Waals surface area (Å²) in [6.07, 6.45) is 0.696. The standard InChI is InChI=1S/C14H17NO2S/c1-14(2,3)13-15-12-9(7-8-11(16)17)5-4-6-10(12)18-13/h4-6H,7-8H2,1-3H3,(H,16,17). The lowest BCUT2D eigenvalue weighted by Gasteiger charge is -2.13. The number of hydrogen-bond acceptors (Lipinski definition) is 3. The number of carbonyl (C=O) groups is 1. The van der Waals surface area contributed by atoms with Crippen LogP contribution >= 0.6 is 11.3 Å². The molecule has 1 heterocycles. The number of hydrogen-bond donors (Lipinski definition) is 1. The minimum atomic E-state index is -0.765. The number of aromatic nitrogens is 1. The molecule has 2 aromatic rings. The van der Waals surface area contributed by atoms with Crippen molar-refractivity contribution in [2.45, 2.75) is 39.0 Å². The van der Waals surface area contributed by atoms with Gasteiger partial charge in [0.2, 0.25) is 0 Å². The lowest BCUT2D eigenvalue weighted by molar-refractivity contribution is -0.136. The number of fused-ring (bicyclic) bond motifs is 1. The lowest BCUT2D eigenvalue weighted by Crippen LogP contribution is -2.10. The normalized spacial score (nSPS) is 11.9. The van der Waals surface area contributed by atoms with Gasteiger partial charge in [-0.25, -0.2) is 4.98 Å². The number of thiazole rings is 1. The molecule has 0 fully saturated rings. The summed E-state index contributed by atoms with van der Waals surface area (Å²) in [5.74, 6) is -0.765. The number of carboxylic acids is 1. The first-order valence-corrected chi connectivity index (χ1v) is 6.80. The summed E-state index contributed by atoms with van der Waals surface area (Å²) >= 11 is 1.69. The molecule has 18 heavy (non-hydrogen) atoms. The van der Waals surface area contributed by atoms with E-state index >= 15 is 0 Å². The van der Waals surface area contributed by atoms with Crippen molar-refractivity contribution in [3.05, 3.63) is 28.8 Å². The van der Waals surface area contributed by atoms with Gasteiger partial charge < -0.3 is 5.11 Å². The van der Waals surface area contributed by atoms with Gasteiger partial charge in [0, 0.05) is 11.8 Å². The Morgan fingerprint density at radius 2 is 2.11 bits per heavy atom. The molecule has 2 rings (SSSR count).